The highest BCUT2D eigenvalue weighted by molar-refractivity contribution is 5.01. The molecule has 1 aliphatic carbocycles. The van der Waals surface area contributed by atoms with Crippen molar-refractivity contribution in [1.82, 2.24) is 15.1 Å². The molecule has 1 atom stereocenters. The molecule has 0 aromatic carbocycles. The summed E-state index contributed by atoms with van der Waals surface area (Å²) < 4.78 is 15.5. The van der Waals surface area contributed by atoms with Crippen LogP contribution in [0.4, 0.5) is 4.39 Å². The van der Waals surface area contributed by atoms with Crippen molar-refractivity contribution in [3.8, 4) is 0 Å². The Morgan fingerprint density at radius 2 is 1.68 bits per heavy atom. The Kier molecular flexibility index (Phi) is 7.15. The maximum Gasteiger partial charge on any atom is 0.124 e. The molecule has 1 N–H and O–H groups in total. The van der Waals surface area contributed by atoms with Gasteiger partial charge in [0.2, 0.25) is 0 Å². The zero-order valence-electron chi connectivity index (χ0n) is 19.3. The van der Waals surface area contributed by atoms with E-state index in [-0.39, 0.29) is 0 Å². The summed E-state index contributed by atoms with van der Waals surface area (Å²) in [5, 5.41) is 3.60. The lowest BCUT2D eigenvalue weighted by Crippen LogP contribution is -2.63. The van der Waals surface area contributed by atoms with E-state index in [4.69, 9.17) is 0 Å². The summed E-state index contributed by atoms with van der Waals surface area (Å²) in [7, 11) is 0. The van der Waals surface area contributed by atoms with E-state index < -0.39 is 5.67 Å². The maximum atomic E-state index is 15.5. The van der Waals surface area contributed by atoms with Gasteiger partial charge in [0.05, 0.1) is 0 Å². The number of hydrogen-bond acceptors (Lipinski definition) is 3. The van der Waals surface area contributed by atoms with E-state index >= 15 is 4.39 Å². The Hall–Kier alpha value is -0.190. The Morgan fingerprint density at radius 3 is 2.18 bits per heavy atom. The van der Waals surface area contributed by atoms with Crippen LogP contribution in [-0.2, 0) is 0 Å². The van der Waals surface area contributed by atoms with E-state index in [0.29, 0.717) is 36.3 Å². The average Bonchev–Trinajstić information content (AvgIpc) is 3.37. The first kappa shape index (κ1) is 22.5. The zero-order valence-corrected chi connectivity index (χ0v) is 19.3. The van der Waals surface area contributed by atoms with Gasteiger partial charge in [-0.3, -0.25) is 4.90 Å². The second-order valence-electron chi connectivity index (χ2n) is 11.3. The quantitative estimate of drug-likeness (QED) is 0.511. The van der Waals surface area contributed by atoms with Crippen molar-refractivity contribution in [3.63, 3.8) is 0 Å². The molecule has 3 fully saturated rings. The lowest BCUT2D eigenvalue weighted by atomic mass is 9.71. The third-order valence-corrected chi connectivity index (χ3v) is 7.90. The molecule has 3 nitrogen and oxygen atoms in total. The molecule has 3 aliphatic rings. The van der Waals surface area contributed by atoms with Crippen LogP contribution < -0.4 is 5.32 Å². The van der Waals surface area contributed by atoms with Crippen molar-refractivity contribution in [2.24, 2.45) is 16.7 Å². The van der Waals surface area contributed by atoms with Crippen molar-refractivity contribution in [1.29, 1.82) is 0 Å². The van der Waals surface area contributed by atoms with Gasteiger partial charge in [-0.25, -0.2) is 4.39 Å². The highest BCUT2D eigenvalue weighted by atomic mass is 19.1. The fourth-order valence-corrected chi connectivity index (χ4v) is 5.78. The maximum absolute atomic E-state index is 15.5. The first-order valence-electron chi connectivity index (χ1n) is 12.0. The molecule has 0 bridgehead atoms. The van der Waals surface area contributed by atoms with Crippen LogP contribution in [0.2, 0.25) is 0 Å². The molecule has 0 amide bonds. The number of hydrogen-bond donors (Lipinski definition) is 1. The molecule has 28 heavy (non-hydrogen) atoms. The Labute approximate surface area is 173 Å². The smallest absolute Gasteiger partial charge is 0.124 e. The number of halogens is 1. The van der Waals surface area contributed by atoms with Gasteiger partial charge in [0.1, 0.15) is 5.67 Å². The van der Waals surface area contributed by atoms with Crippen LogP contribution in [0, 0.1) is 16.7 Å². The summed E-state index contributed by atoms with van der Waals surface area (Å²) in [4.78, 5) is 4.99. The van der Waals surface area contributed by atoms with Crippen molar-refractivity contribution in [2.45, 2.75) is 91.3 Å². The monoisotopic (exact) mass is 395 g/mol. The molecule has 1 saturated carbocycles. The highest BCUT2D eigenvalue weighted by Crippen LogP contribution is 2.50. The normalized spacial score (nSPS) is 26.6. The predicted octanol–water partition coefficient (Wildman–Crippen LogP) is 4.72. The molecule has 3 rings (SSSR count). The van der Waals surface area contributed by atoms with E-state index in [1.807, 2.05) is 6.92 Å². The zero-order chi connectivity index (χ0) is 20.4. The number of alkyl halides is 1. The van der Waals surface area contributed by atoms with Gasteiger partial charge in [0.15, 0.2) is 0 Å². The van der Waals surface area contributed by atoms with Crippen LogP contribution in [-0.4, -0.2) is 67.3 Å². The minimum Gasteiger partial charge on any atom is -0.316 e. The number of nitrogens with zero attached hydrogens (tertiary/aromatic N) is 2. The molecule has 4 heteroatoms. The molecule has 1 spiro atoms. The minimum absolute atomic E-state index is 0.494. The van der Waals surface area contributed by atoms with E-state index in [2.05, 4.69) is 42.8 Å². The molecule has 164 valence electrons. The van der Waals surface area contributed by atoms with Crippen LogP contribution in [0.1, 0.15) is 79.6 Å². The molecular formula is C24H46FN3. The third-order valence-electron chi connectivity index (χ3n) is 7.90. The second kappa shape index (κ2) is 8.89. The van der Waals surface area contributed by atoms with E-state index in [0.717, 1.165) is 32.1 Å². The van der Waals surface area contributed by atoms with Gasteiger partial charge in [0.25, 0.3) is 0 Å². The van der Waals surface area contributed by atoms with E-state index in [1.54, 1.807) is 0 Å². The first-order valence-corrected chi connectivity index (χ1v) is 12.0. The van der Waals surface area contributed by atoms with Crippen molar-refractivity contribution in [3.05, 3.63) is 0 Å². The fraction of sp³-hybridized carbons (Fsp3) is 1.00. The van der Waals surface area contributed by atoms with Gasteiger partial charge < -0.3 is 10.2 Å². The van der Waals surface area contributed by atoms with Crippen molar-refractivity contribution in [2.75, 3.05) is 45.8 Å². The predicted molar refractivity (Wildman–Crippen MR) is 118 cm³/mol. The van der Waals surface area contributed by atoms with E-state index in [9.17, 15) is 0 Å². The number of nitrogens with one attached hydrogen (secondary N) is 1. The molecular weight excluding hydrogens is 349 g/mol. The van der Waals surface area contributed by atoms with Gasteiger partial charge in [-0.1, -0.05) is 20.8 Å². The summed E-state index contributed by atoms with van der Waals surface area (Å²) in [5.74, 6) is 0.770. The lowest BCUT2D eigenvalue weighted by Gasteiger charge is -2.55. The third kappa shape index (κ3) is 5.70. The van der Waals surface area contributed by atoms with Gasteiger partial charge in [0, 0.05) is 32.2 Å². The summed E-state index contributed by atoms with van der Waals surface area (Å²) in [6, 6.07) is 0.662. The van der Waals surface area contributed by atoms with Crippen LogP contribution in [0.5, 0.6) is 0 Å². The molecule has 2 aliphatic heterocycles. The Balaban J connectivity index is 1.35. The topological polar surface area (TPSA) is 18.5 Å². The SMILES string of the molecule is CCC(F)(CCNCC1(CC(C)C)CC1)CN1CC2(CCN(C(C)C)CC2)C1. The van der Waals surface area contributed by atoms with Crippen LogP contribution in [0.3, 0.4) is 0 Å². The molecule has 0 aromatic heterocycles. The largest absolute Gasteiger partial charge is 0.316 e. The van der Waals surface area contributed by atoms with Crippen molar-refractivity contribution >= 4 is 0 Å². The lowest BCUT2D eigenvalue weighted by molar-refractivity contribution is -0.0758. The van der Waals surface area contributed by atoms with E-state index in [1.165, 1.54) is 45.2 Å². The van der Waals surface area contributed by atoms with Crippen LogP contribution in [0.15, 0.2) is 0 Å². The number of piperidine rings is 1. The molecule has 0 aromatic rings. The summed E-state index contributed by atoms with van der Waals surface area (Å²) in [6.45, 7) is 18.5. The summed E-state index contributed by atoms with van der Waals surface area (Å²) >= 11 is 0. The first-order chi connectivity index (χ1) is 13.2. The fourth-order valence-electron chi connectivity index (χ4n) is 5.78. The summed E-state index contributed by atoms with van der Waals surface area (Å²) in [6.07, 6.45) is 7.92. The van der Waals surface area contributed by atoms with Crippen molar-refractivity contribution < 1.29 is 4.39 Å². The minimum atomic E-state index is -1.03. The van der Waals surface area contributed by atoms with Gasteiger partial charge >= 0.3 is 0 Å². The van der Waals surface area contributed by atoms with Gasteiger partial charge in [-0.2, -0.15) is 0 Å². The number of likely N-dealkylation sites (tertiary alicyclic amines) is 2. The van der Waals surface area contributed by atoms with Gasteiger partial charge in [-0.05, 0) is 95.2 Å². The highest BCUT2D eigenvalue weighted by Gasteiger charge is 2.47. The second-order valence-corrected chi connectivity index (χ2v) is 11.3. The average molecular weight is 396 g/mol. The Morgan fingerprint density at radius 1 is 1.04 bits per heavy atom. The number of rotatable bonds is 11. The molecule has 2 heterocycles. The summed E-state index contributed by atoms with van der Waals surface area (Å²) in [5.41, 5.74) is 0.00353. The molecule has 1 unspecified atom stereocenters. The van der Waals surface area contributed by atoms with Crippen LogP contribution >= 0.6 is 0 Å². The van der Waals surface area contributed by atoms with Gasteiger partial charge in [-0.15, -0.1) is 0 Å². The Bertz CT molecular complexity index is 486. The standard InChI is InChI=1S/C24H46FN3/c1-6-24(25,9-12-26-16-22(7-8-22)15-20(2)3)19-27-17-23(18-27)10-13-28(14-11-23)21(4)5/h20-21,26H,6-19H2,1-5H3. The molecule has 2 saturated heterocycles. The van der Waals surface area contributed by atoms with Crippen LogP contribution in [0.25, 0.3) is 0 Å². The molecule has 0 radical (unpaired) electrons.